The van der Waals surface area contributed by atoms with Gasteiger partial charge in [0, 0.05) is 5.54 Å². The molecule has 86 valence electrons. The fraction of sp³-hybridized carbons (Fsp3) is 0.364. The van der Waals surface area contributed by atoms with Gasteiger partial charge in [-0.15, -0.1) is 0 Å². The van der Waals surface area contributed by atoms with Gasteiger partial charge in [0.05, 0.1) is 21.1 Å². The van der Waals surface area contributed by atoms with Crippen molar-refractivity contribution in [3.63, 3.8) is 0 Å². The molecule has 2 aromatic rings. The van der Waals surface area contributed by atoms with Crippen LogP contribution in [-0.2, 0) is 5.54 Å². The van der Waals surface area contributed by atoms with E-state index in [1.54, 1.807) is 12.1 Å². The van der Waals surface area contributed by atoms with Gasteiger partial charge in [-0.1, -0.05) is 23.2 Å². The minimum atomic E-state index is -0.150. The molecule has 2 rings (SSSR count). The Bertz CT molecular complexity index is 552. The topological polar surface area (TPSA) is 17.8 Å². The lowest BCUT2D eigenvalue weighted by Gasteiger charge is -2.22. The fourth-order valence-electron chi connectivity index (χ4n) is 1.68. The van der Waals surface area contributed by atoms with E-state index in [1.165, 1.54) is 0 Å². The molecule has 0 aliphatic rings. The van der Waals surface area contributed by atoms with Crippen molar-refractivity contribution in [1.82, 2.24) is 9.55 Å². The maximum atomic E-state index is 6.12. The highest BCUT2D eigenvalue weighted by Crippen LogP contribution is 2.33. The molecular formula is C11H11Cl3N2. The smallest absolute Gasteiger partial charge is 0.204 e. The van der Waals surface area contributed by atoms with Crippen molar-refractivity contribution in [2.24, 2.45) is 0 Å². The van der Waals surface area contributed by atoms with E-state index in [0.717, 1.165) is 11.0 Å². The Labute approximate surface area is 109 Å². The highest BCUT2D eigenvalue weighted by atomic mass is 35.5. The van der Waals surface area contributed by atoms with Crippen LogP contribution < -0.4 is 0 Å². The molecule has 0 fully saturated rings. The van der Waals surface area contributed by atoms with Crippen molar-refractivity contribution in [2.45, 2.75) is 26.3 Å². The van der Waals surface area contributed by atoms with Crippen molar-refractivity contribution >= 4 is 45.8 Å². The Kier molecular flexibility index (Phi) is 2.85. The molecule has 0 unspecified atom stereocenters. The molecule has 0 spiro atoms. The molecule has 1 heterocycles. The summed E-state index contributed by atoms with van der Waals surface area (Å²) >= 11 is 18.1. The standard InChI is InChI=1S/C11H11Cl3N2/c1-11(2,3)16-9-5-7(13)6(12)4-8(9)15-10(16)14/h4-5H,1-3H3. The summed E-state index contributed by atoms with van der Waals surface area (Å²) in [6, 6.07) is 3.52. The second-order valence-corrected chi connectivity index (χ2v) is 5.79. The number of nitrogens with zero attached hydrogens (tertiary/aromatic N) is 2. The second kappa shape index (κ2) is 3.80. The summed E-state index contributed by atoms with van der Waals surface area (Å²) in [5.74, 6) is 0. The lowest BCUT2D eigenvalue weighted by molar-refractivity contribution is 0.409. The Balaban J connectivity index is 2.84. The van der Waals surface area contributed by atoms with Gasteiger partial charge in [0.1, 0.15) is 0 Å². The molecular weight excluding hydrogens is 266 g/mol. The highest BCUT2D eigenvalue weighted by Gasteiger charge is 2.21. The van der Waals surface area contributed by atoms with E-state index in [-0.39, 0.29) is 5.54 Å². The van der Waals surface area contributed by atoms with Gasteiger partial charge in [-0.25, -0.2) is 4.98 Å². The number of aromatic nitrogens is 2. The van der Waals surface area contributed by atoms with E-state index < -0.39 is 0 Å². The number of benzene rings is 1. The largest absolute Gasteiger partial charge is 0.309 e. The average molecular weight is 278 g/mol. The molecule has 1 aromatic carbocycles. The third-order valence-electron chi connectivity index (χ3n) is 2.33. The molecule has 2 nitrogen and oxygen atoms in total. The first-order valence-electron chi connectivity index (χ1n) is 4.84. The van der Waals surface area contributed by atoms with Gasteiger partial charge in [-0.2, -0.15) is 0 Å². The molecule has 16 heavy (non-hydrogen) atoms. The normalized spacial score (nSPS) is 12.4. The average Bonchev–Trinajstić information content (AvgIpc) is 2.40. The van der Waals surface area contributed by atoms with Crippen LogP contribution in [0.15, 0.2) is 12.1 Å². The molecule has 0 saturated carbocycles. The van der Waals surface area contributed by atoms with Gasteiger partial charge in [0.15, 0.2) is 0 Å². The van der Waals surface area contributed by atoms with Crippen LogP contribution in [0.1, 0.15) is 20.8 Å². The van der Waals surface area contributed by atoms with E-state index in [0.29, 0.717) is 15.3 Å². The van der Waals surface area contributed by atoms with E-state index in [9.17, 15) is 0 Å². The van der Waals surface area contributed by atoms with Crippen LogP contribution in [0.25, 0.3) is 11.0 Å². The van der Waals surface area contributed by atoms with Gasteiger partial charge in [-0.3, -0.25) is 0 Å². The van der Waals surface area contributed by atoms with Crippen LogP contribution in [0, 0.1) is 0 Å². The molecule has 0 bridgehead atoms. The summed E-state index contributed by atoms with van der Waals surface area (Å²) in [5, 5.41) is 1.45. The zero-order chi connectivity index (χ0) is 12.1. The third-order valence-corrected chi connectivity index (χ3v) is 3.30. The van der Waals surface area contributed by atoms with Gasteiger partial charge in [0.2, 0.25) is 5.28 Å². The first-order valence-corrected chi connectivity index (χ1v) is 5.97. The van der Waals surface area contributed by atoms with E-state index in [1.807, 2.05) is 4.57 Å². The number of hydrogen-bond donors (Lipinski definition) is 0. The predicted octanol–water partition coefficient (Wildman–Crippen LogP) is 4.75. The van der Waals surface area contributed by atoms with Gasteiger partial charge < -0.3 is 4.57 Å². The maximum Gasteiger partial charge on any atom is 0.204 e. The quantitative estimate of drug-likeness (QED) is 0.679. The molecule has 0 radical (unpaired) electrons. The highest BCUT2D eigenvalue weighted by molar-refractivity contribution is 6.42. The lowest BCUT2D eigenvalue weighted by Crippen LogP contribution is -2.21. The zero-order valence-corrected chi connectivity index (χ0v) is 11.5. The molecule has 0 N–H and O–H groups in total. The van der Waals surface area contributed by atoms with Crippen molar-refractivity contribution in [1.29, 1.82) is 0 Å². The minimum absolute atomic E-state index is 0.150. The fourth-order valence-corrected chi connectivity index (χ4v) is 2.43. The molecule has 0 saturated heterocycles. The summed E-state index contributed by atoms with van der Waals surface area (Å²) in [6.45, 7) is 6.17. The predicted molar refractivity (Wildman–Crippen MR) is 69.8 cm³/mol. The Morgan fingerprint density at radius 2 is 1.62 bits per heavy atom. The summed E-state index contributed by atoms with van der Waals surface area (Å²) in [4.78, 5) is 4.27. The number of imidazole rings is 1. The number of halogens is 3. The first kappa shape index (κ1) is 12.0. The SMILES string of the molecule is CC(C)(C)n1c(Cl)nc2cc(Cl)c(Cl)cc21. The summed E-state index contributed by atoms with van der Waals surface area (Å²) < 4.78 is 1.94. The van der Waals surface area contributed by atoms with Crippen LogP contribution in [0.5, 0.6) is 0 Å². The Hall–Kier alpha value is -0.440. The minimum Gasteiger partial charge on any atom is -0.309 e. The molecule has 1 aromatic heterocycles. The zero-order valence-electron chi connectivity index (χ0n) is 9.18. The van der Waals surface area contributed by atoms with Crippen LogP contribution in [0.4, 0.5) is 0 Å². The van der Waals surface area contributed by atoms with Crippen molar-refractivity contribution in [3.8, 4) is 0 Å². The Morgan fingerprint density at radius 1 is 1.06 bits per heavy atom. The second-order valence-electron chi connectivity index (χ2n) is 4.64. The third kappa shape index (κ3) is 1.90. The number of rotatable bonds is 0. The van der Waals surface area contributed by atoms with E-state index in [4.69, 9.17) is 34.8 Å². The molecule has 0 aliphatic heterocycles. The van der Waals surface area contributed by atoms with Crippen LogP contribution in [0.3, 0.4) is 0 Å². The van der Waals surface area contributed by atoms with Crippen LogP contribution in [-0.4, -0.2) is 9.55 Å². The van der Waals surface area contributed by atoms with Gasteiger partial charge >= 0.3 is 0 Å². The maximum absolute atomic E-state index is 6.12. The molecule has 0 atom stereocenters. The summed E-state index contributed by atoms with van der Waals surface area (Å²) in [6.07, 6.45) is 0. The summed E-state index contributed by atoms with van der Waals surface area (Å²) in [5.41, 5.74) is 1.50. The van der Waals surface area contributed by atoms with Gasteiger partial charge in [-0.05, 0) is 44.5 Å². The van der Waals surface area contributed by atoms with Crippen molar-refractivity contribution in [2.75, 3.05) is 0 Å². The van der Waals surface area contributed by atoms with Gasteiger partial charge in [0.25, 0.3) is 0 Å². The molecule has 0 amide bonds. The monoisotopic (exact) mass is 276 g/mol. The molecule has 0 aliphatic carbocycles. The van der Waals surface area contributed by atoms with E-state index >= 15 is 0 Å². The Morgan fingerprint density at radius 3 is 2.19 bits per heavy atom. The van der Waals surface area contributed by atoms with Crippen LogP contribution >= 0.6 is 34.8 Å². The first-order chi connectivity index (χ1) is 7.30. The number of fused-ring (bicyclic) bond motifs is 1. The lowest BCUT2D eigenvalue weighted by atomic mass is 10.1. The van der Waals surface area contributed by atoms with Crippen molar-refractivity contribution < 1.29 is 0 Å². The number of hydrogen-bond acceptors (Lipinski definition) is 1. The van der Waals surface area contributed by atoms with Crippen molar-refractivity contribution in [3.05, 3.63) is 27.5 Å². The van der Waals surface area contributed by atoms with Crippen LogP contribution in [0.2, 0.25) is 15.3 Å². The molecule has 5 heteroatoms. The summed E-state index contributed by atoms with van der Waals surface area (Å²) in [7, 11) is 0. The van der Waals surface area contributed by atoms with E-state index in [2.05, 4.69) is 25.8 Å².